The van der Waals surface area contributed by atoms with Gasteiger partial charge < -0.3 is 0 Å². The lowest BCUT2D eigenvalue weighted by Crippen LogP contribution is -2.38. The van der Waals surface area contributed by atoms with Gasteiger partial charge in [-0.3, -0.25) is 4.68 Å². The van der Waals surface area contributed by atoms with Crippen molar-refractivity contribution in [1.82, 2.24) is 14.8 Å². The van der Waals surface area contributed by atoms with Crippen molar-refractivity contribution in [2.24, 2.45) is 0 Å². The molecule has 3 aromatic rings. The molecule has 1 atom stereocenters. The maximum absolute atomic E-state index is 7.38. The van der Waals surface area contributed by atoms with Crippen molar-refractivity contribution in [3.05, 3.63) is 82.4 Å². The van der Waals surface area contributed by atoms with Crippen LogP contribution in [0.2, 0.25) is 10.0 Å². The van der Waals surface area contributed by atoms with E-state index in [0.29, 0.717) is 11.6 Å². The molecule has 1 fully saturated rings. The van der Waals surface area contributed by atoms with Crippen molar-refractivity contribution < 1.29 is 0 Å². The molecule has 0 N–H and O–H groups in total. The Morgan fingerprint density at radius 3 is 2.19 bits per heavy atom. The first-order chi connectivity index (χ1) is 13.0. The first-order valence-electron chi connectivity index (χ1n) is 8.67. The lowest BCUT2D eigenvalue weighted by Gasteiger charge is -2.36. The number of nitrogens with zero attached hydrogens (tertiary/aromatic N) is 3. The first kappa shape index (κ1) is 19.1. The zero-order chi connectivity index (χ0) is 18.9. The summed E-state index contributed by atoms with van der Waals surface area (Å²) in [6.07, 6.45) is 5.38. The topological polar surface area (TPSA) is 30.7 Å². The molecule has 1 aliphatic rings. The largest absolute Gasteiger partial charge is 0.251 e. The lowest BCUT2D eigenvalue weighted by molar-refractivity contribution is 0.442. The van der Waals surface area contributed by atoms with E-state index in [2.05, 4.69) is 22.2 Å². The highest BCUT2D eigenvalue weighted by Crippen LogP contribution is 2.63. The minimum absolute atomic E-state index is 0.0615. The Bertz CT molecular complexity index is 893. The smallest absolute Gasteiger partial charge is 0.137 e. The van der Waals surface area contributed by atoms with Crippen LogP contribution < -0.4 is 0 Å². The molecule has 1 heterocycles. The van der Waals surface area contributed by atoms with Gasteiger partial charge in [-0.25, -0.2) is 4.98 Å². The zero-order valence-electron chi connectivity index (χ0n) is 14.5. The Morgan fingerprint density at radius 1 is 1.00 bits per heavy atom. The minimum atomic E-state index is -0.595. The summed E-state index contributed by atoms with van der Waals surface area (Å²) in [5.74, 6) is 0.886. The van der Waals surface area contributed by atoms with Crippen molar-refractivity contribution in [3.8, 4) is 0 Å². The second-order valence-corrected chi connectivity index (χ2v) is 9.69. The number of hydrogen-bond acceptors (Lipinski definition) is 3. The molecule has 1 aliphatic carbocycles. The Morgan fingerprint density at radius 2 is 1.63 bits per heavy atom. The molecule has 2 aromatic carbocycles. The van der Waals surface area contributed by atoms with Crippen LogP contribution in [0.3, 0.4) is 0 Å². The standard InChI is InChI=1S/C20H18Cl3N3S/c21-17-5-1-15(2-6-17)11-27-19(9-10-19)20(23,12-26-14-24-13-25-26)16-3-7-18(22)8-4-16/h1-8,13-14H,9-12H2. The van der Waals surface area contributed by atoms with Crippen LogP contribution in [0.25, 0.3) is 0 Å². The average Bonchev–Trinajstić information content (AvgIpc) is 3.31. The van der Waals surface area contributed by atoms with E-state index in [1.165, 1.54) is 5.56 Å². The molecule has 7 heteroatoms. The first-order valence-corrected chi connectivity index (χ1v) is 10.8. The van der Waals surface area contributed by atoms with Crippen molar-refractivity contribution in [3.63, 3.8) is 0 Å². The van der Waals surface area contributed by atoms with Gasteiger partial charge in [0.15, 0.2) is 0 Å². The van der Waals surface area contributed by atoms with Gasteiger partial charge in [-0.2, -0.15) is 5.10 Å². The number of rotatable bonds is 7. The summed E-state index contributed by atoms with van der Waals surface area (Å²) in [4.78, 5) is 3.48. The SMILES string of the molecule is Clc1ccc(CSC2(C(Cl)(Cn3cncn3)c3ccc(Cl)cc3)CC2)cc1. The van der Waals surface area contributed by atoms with Crippen LogP contribution in [-0.4, -0.2) is 19.5 Å². The maximum atomic E-state index is 7.38. The third-order valence-corrected chi connectivity index (χ3v) is 8.11. The second-order valence-electron chi connectivity index (χ2n) is 6.81. The number of aromatic nitrogens is 3. The second kappa shape index (κ2) is 7.67. The predicted molar refractivity (Wildman–Crippen MR) is 114 cm³/mol. The maximum Gasteiger partial charge on any atom is 0.137 e. The van der Waals surface area contributed by atoms with E-state index in [-0.39, 0.29) is 4.75 Å². The van der Waals surface area contributed by atoms with E-state index in [1.807, 2.05) is 52.8 Å². The molecule has 140 valence electrons. The van der Waals surface area contributed by atoms with Crippen molar-refractivity contribution >= 4 is 46.6 Å². The van der Waals surface area contributed by atoms with E-state index < -0.39 is 4.87 Å². The highest BCUT2D eigenvalue weighted by atomic mass is 35.5. The van der Waals surface area contributed by atoms with E-state index in [4.69, 9.17) is 34.8 Å². The van der Waals surface area contributed by atoms with E-state index in [9.17, 15) is 0 Å². The molecule has 1 aromatic heterocycles. The summed E-state index contributed by atoms with van der Waals surface area (Å²) in [6, 6.07) is 15.8. The molecular weight excluding hydrogens is 421 g/mol. The van der Waals surface area contributed by atoms with Gasteiger partial charge in [-0.15, -0.1) is 23.4 Å². The van der Waals surface area contributed by atoms with Crippen LogP contribution in [0.5, 0.6) is 0 Å². The van der Waals surface area contributed by atoms with Crippen LogP contribution in [0.15, 0.2) is 61.2 Å². The van der Waals surface area contributed by atoms with E-state index in [1.54, 1.807) is 12.7 Å². The summed E-state index contributed by atoms with van der Waals surface area (Å²) in [7, 11) is 0. The van der Waals surface area contributed by atoms with Gasteiger partial charge >= 0.3 is 0 Å². The fourth-order valence-corrected chi connectivity index (χ4v) is 5.61. The van der Waals surface area contributed by atoms with Gasteiger partial charge in [0, 0.05) is 20.5 Å². The van der Waals surface area contributed by atoms with E-state index >= 15 is 0 Å². The van der Waals surface area contributed by atoms with E-state index in [0.717, 1.165) is 29.2 Å². The Balaban J connectivity index is 1.62. The predicted octanol–water partition coefficient (Wildman–Crippen LogP) is 6.19. The highest BCUT2D eigenvalue weighted by Gasteiger charge is 2.60. The molecule has 0 spiro atoms. The summed E-state index contributed by atoms with van der Waals surface area (Å²) in [6.45, 7) is 0.559. The van der Waals surface area contributed by atoms with Gasteiger partial charge in [0.05, 0.1) is 6.54 Å². The number of thioether (sulfide) groups is 1. The van der Waals surface area contributed by atoms with Crippen molar-refractivity contribution in [2.45, 2.75) is 34.8 Å². The molecule has 0 aliphatic heterocycles. The third kappa shape index (κ3) is 4.00. The van der Waals surface area contributed by atoms with Gasteiger partial charge in [-0.1, -0.05) is 47.5 Å². The molecule has 0 radical (unpaired) electrons. The van der Waals surface area contributed by atoms with Gasteiger partial charge in [0.2, 0.25) is 0 Å². The fraction of sp³-hybridized carbons (Fsp3) is 0.300. The van der Waals surface area contributed by atoms with Crippen molar-refractivity contribution in [1.29, 1.82) is 0 Å². The van der Waals surface area contributed by atoms with Gasteiger partial charge in [0.25, 0.3) is 0 Å². The number of alkyl halides is 1. The molecule has 3 nitrogen and oxygen atoms in total. The normalized spacial score (nSPS) is 17.4. The van der Waals surface area contributed by atoms with Crippen LogP contribution in [0, 0.1) is 0 Å². The lowest BCUT2D eigenvalue weighted by atomic mass is 9.92. The number of benzene rings is 2. The zero-order valence-corrected chi connectivity index (χ0v) is 17.6. The minimum Gasteiger partial charge on any atom is -0.251 e. The highest BCUT2D eigenvalue weighted by molar-refractivity contribution is 8.00. The third-order valence-electron chi connectivity index (χ3n) is 5.00. The summed E-state index contributed by atoms with van der Waals surface area (Å²) >= 11 is 21.4. The van der Waals surface area contributed by atoms with Crippen molar-refractivity contribution in [2.75, 3.05) is 0 Å². The molecule has 1 saturated carbocycles. The summed E-state index contributed by atoms with van der Waals surface area (Å²) in [5.41, 5.74) is 2.30. The average molecular weight is 439 g/mol. The molecular formula is C20H18Cl3N3S. The molecule has 1 unspecified atom stereocenters. The Labute approximate surface area is 178 Å². The summed E-state index contributed by atoms with van der Waals surface area (Å²) < 4.78 is 1.75. The van der Waals surface area contributed by atoms with Gasteiger partial charge in [-0.05, 0) is 48.2 Å². The molecule has 0 amide bonds. The number of hydrogen-bond donors (Lipinski definition) is 0. The monoisotopic (exact) mass is 437 g/mol. The Hall–Kier alpha value is -1.20. The molecule has 4 rings (SSSR count). The number of halogens is 3. The molecule has 27 heavy (non-hydrogen) atoms. The fourth-order valence-electron chi connectivity index (χ4n) is 3.32. The van der Waals surface area contributed by atoms with Crippen LogP contribution in [0.4, 0.5) is 0 Å². The van der Waals surface area contributed by atoms with Crippen LogP contribution in [0.1, 0.15) is 24.0 Å². The quantitative estimate of drug-likeness (QED) is 0.412. The van der Waals surface area contributed by atoms with Crippen LogP contribution >= 0.6 is 46.6 Å². The van der Waals surface area contributed by atoms with Crippen LogP contribution in [-0.2, 0) is 17.2 Å². The molecule has 0 saturated heterocycles. The summed E-state index contributed by atoms with van der Waals surface area (Å²) in [5, 5.41) is 5.74. The Kier molecular flexibility index (Phi) is 5.43. The molecule has 0 bridgehead atoms. The van der Waals surface area contributed by atoms with Gasteiger partial charge in [0.1, 0.15) is 17.5 Å².